The Morgan fingerprint density at radius 3 is 1.53 bits per heavy atom. The number of carbonyl (C=O) groups excluding carboxylic acids is 2. The van der Waals surface area contributed by atoms with Crippen molar-refractivity contribution in [2.45, 2.75) is 25.7 Å². The van der Waals surface area contributed by atoms with Crippen LogP contribution in [0.2, 0.25) is 0 Å². The first kappa shape index (κ1) is 15.7. The third-order valence-electron chi connectivity index (χ3n) is 2.02. The quantitative estimate of drug-likeness (QED) is 0.581. The van der Waals surface area contributed by atoms with Crippen LogP contribution in [0, 0.1) is 5.41 Å². The zero-order chi connectivity index (χ0) is 14.1. The third-order valence-corrected chi connectivity index (χ3v) is 2.02. The number of Topliss-reactive ketones (excluding diaryl/α,β-unsaturated/α-hetero) is 1. The second-order valence-electron chi connectivity index (χ2n) is 3.27. The van der Waals surface area contributed by atoms with Crippen LogP contribution < -0.4 is 0 Å². The van der Waals surface area contributed by atoms with Gasteiger partial charge in [0, 0.05) is 6.42 Å². The maximum atomic E-state index is 12.5. The number of hydrogen-bond acceptors (Lipinski definition) is 3. The zero-order valence-corrected chi connectivity index (χ0v) is 8.70. The fourth-order valence-electron chi connectivity index (χ4n) is 1.21. The van der Waals surface area contributed by atoms with E-state index in [9.17, 15) is 35.9 Å². The molecular formula is C8H8F6O3. The number of ether oxygens (including phenoxy) is 1. The lowest BCUT2D eigenvalue weighted by molar-refractivity contribution is -0.331. The summed E-state index contributed by atoms with van der Waals surface area (Å²) in [6.45, 7) is 0.523. The van der Waals surface area contributed by atoms with E-state index >= 15 is 0 Å². The van der Waals surface area contributed by atoms with Gasteiger partial charge in [0.05, 0.1) is 7.11 Å². The van der Waals surface area contributed by atoms with Gasteiger partial charge in [-0.3, -0.25) is 9.59 Å². The Morgan fingerprint density at radius 2 is 1.35 bits per heavy atom. The lowest BCUT2D eigenvalue weighted by Crippen LogP contribution is -2.57. The van der Waals surface area contributed by atoms with Crippen molar-refractivity contribution in [1.82, 2.24) is 0 Å². The third kappa shape index (κ3) is 2.70. The topological polar surface area (TPSA) is 43.4 Å². The molecule has 0 radical (unpaired) electrons. The molecule has 0 aliphatic rings. The molecule has 0 saturated carbocycles. The lowest BCUT2D eigenvalue weighted by atomic mass is 9.81. The van der Waals surface area contributed by atoms with E-state index in [-0.39, 0.29) is 0 Å². The van der Waals surface area contributed by atoms with Gasteiger partial charge in [-0.05, 0) is 6.92 Å². The van der Waals surface area contributed by atoms with Crippen LogP contribution in [0.4, 0.5) is 26.3 Å². The molecule has 100 valence electrons. The molecule has 0 rings (SSSR count). The summed E-state index contributed by atoms with van der Waals surface area (Å²) in [4.78, 5) is 21.4. The SMILES string of the molecule is COC(=O)C(CC(C)=O)(C(F)(F)F)C(F)(F)F. The van der Waals surface area contributed by atoms with Crippen LogP contribution in [0.25, 0.3) is 0 Å². The highest BCUT2D eigenvalue weighted by atomic mass is 19.4. The molecular weight excluding hydrogens is 258 g/mol. The second-order valence-corrected chi connectivity index (χ2v) is 3.27. The first-order chi connectivity index (χ1) is 7.40. The first-order valence-corrected chi connectivity index (χ1v) is 4.11. The van der Waals surface area contributed by atoms with Gasteiger partial charge in [-0.15, -0.1) is 0 Å². The molecule has 0 fully saturated rings. The number of methoxy groups -OCH3 is 1. The summed E-state index contributed by atoms with van der Waals surface area (Å²) in [5.74, 6) is -3.97. The second kappa shape index (κ2) is 4.53. The van der Waals surface area contributed by atoms with Crippen molar-refractivity contribution in [3.63, 3.8) is 0 Å². The van der Waals surface area contributed by atoms with Gasteiger partial charge in [0.1, 0.15) is 5.78 Å². The summed E-state index contributed by atoms with van der Waals surface area (Å²) in [6, 6.07) is 0. The summed E-state index contributed by atoms with van der Waals surface area (Å²) in [5, 5.41) is 0. The van der Waals surface area contributed by atoms with Crippen molar-refractivity contribution < 1.29 is 40.7 Å². The Bertz CT molecular complexity index is 302. The van der Waals surface area contributed by atoms with Crippen molar-refractivity contribution in [2.75, 3.05) is 7.11 Å². The van der Waals surface area contributed by atoms with Crippen LogP contribution in [0.5, 0.6) is 0 Å². The molecule has 3 nitrogen and oxygen atoms in total. The highest BCUT2D eigenvalue weighted by Crippen LogP contribution is 2.53. The molecule has 17 heavy (non-hydrogen) atoms. The molecule has 0 aliphatic heterocycles. The molecule has 0 unspecified atom stereocenters. The number of hydrogen-bond donors (Lipinski definition) is 0. The van der Waals surface area contributed by atoms with Crippen molar-refractivity contribution in [1.29, 1.82) is 0 Å². The van der Waals surface area contributed by atoms with Crippen LogP contribution in [0.15, 0.2) is 0 Å². The lowest BCUT2D eigenvalue weighted by Gasteiger charge is -2.33. The van der Waals surface area contributed by atoms with E-state index in [1.54, 1.807) is 0 Å². The Labute approximate surface area is 91.7 Å². The number of halogens is 6. The summed E-state index contributed by atoms with van der Waals surface area (Å²) < 4.78 is 78.5. The minimum Gasteiger partial charge on any atom is -0.468 e. The van der Waals surface area contributed by atoms with Gasteiger partial charge in [0.15, 0.2) is 0 Å². The Balaban J connectivity index is 5.91. The normalized spacial score (nSPS) is 13.4. The van der Waals surface area contributed by atoms with Gasteiger partial charge in [0.2, 0.25) is 0 Å². The highest BCUT2D eigenvalue weighted by Gasteiger charge is 2.76. The van der Waals surface area contributed by atoms with Gasteiger partial charge in [-0.2, -0.15) is 26.3 Å². The van der Waals surface area contributed by atoms with Gasteiger partial charge in [-0.25, -0.2) is 0 Å². The number of rotatable bonds is 3. The fourth-order valence-corrected chi connectivity index (χ4v) is 1.21. The van der Waals surface area contributed by atoms with E-state index < -0.39 is 35.9 Å². The van der Waals surface area contributed by atoms with E-state index in [0.717, 1.165) is 0 Å². The number of ketones is 1. The smallest absolute Gasteiger partial charge is 0.414 e. The largest absolute Gasteiger partial charge is 0.468 e. The van der Waals surface area contributed by atoms with Crippen molar-refractivity contribution in [2.24, 2.45) is 5.41 Å². The highest BCUT2D eigenvalue weighted by molar-refractivity contribution is 5.87. The monoisotopic (exact) mass is 266 g/mol. The Hall–Kier alpha value is -1.28. The number of esters is 1. The maximum Gasteiger partial charge on any atom is 0.414 e. The Kier molecular flexibility index (Phi) is 4.19. The van der Waals surface area contributed by atoms with Crippen LogP contribution in [0.3, 0.4) is 0 Å². The van der Waals surface area contributed by atoms with E-state index in [2.05, 4.69) is 4.74 Å². The fraction of sp³-hybridized carbons (Fsp3) is 0.750. The molecule has 0 saturated heterocycles. The molecule has 0 spiro atoms. The van der Waals surface area contributed by atoms with E-state index in [0.29, 0.717) is 14.0 Å². The standard InChI is InChI=1S/C8H8F6O3/c1-4(15)3-6(5(16)17-2,7(9,10)11)8(12,13)14/h3H2,1-2H3. The molecule has 0 aromatic carbocycles. The summed E-state index contributed by atoms with van der Waals surface area (Å²) >= 11 is 0. The first-order valence-electron chi connectivity index (χ1n) is 4.11. The van der Waals surface area contributed by atoms with E-state index in [1.807, 2.05) is 0 Å². The number of alkyl halides is 6. The van der Waals surface area contributed by atoms with Gasteiger partial charge in [-0.1, -0.05) is 0 Å². The number of carbonyl (C=O) groups is 2. The molecule has 0 heterocycles. The zero-order valence-electron chi connectivity index (χ0n) is 8.70. The molecule has 0 atom stereocenters. The van der Waals surface area contributed by atoms with Crippen molar-refractivity contribution in [3.8, 4) is 0 Å². The van der Waals surface area contributed by atoms with E-state index in [1.165, 1.54) is 0 Å². The van der Waals surface area contributed by atoms with Crippen molar-refractivity contribution >= 4 is 11.8 Å². The summed E-state index contributed by atoms with van der Waals surface area (Å²) in [6.07, 6.45) is -14.0. The molecule has 0 bridgehead atoms. The minimum atomic E-state index is -5.97. The molecule has 0 aromatic rings. The molecule has 0 aromatic heterocycles. The summed E-state index contributed by atoms with van der Waals surface area (Å²) in [7, 11) is 0.384. The molecule has 0 aliphatic carbocycles. The summed E-state index contributed by atoms with van der Waals surface area (Å²) in [5.41, 5.74) is -4.80. The van der Waals surface area contributed by atoms with Gasteiger partial charge in [0.25, 0.3) is 5.41 Å². The molecule has 0 amide bonds. The van der Waals surface area contributed by atoms with Crippen LogP contribution in [-0.2, 0) is 14.3 Å². The molecule has 0 N–H and O–H groups in total. The predicted molar refractivity (Wildman–Crippen MR) is 41.9 cm³/mol. The minimum absolute atomic E-state index is 0.384. The van der Waals surface area contributed by atoms with E-state index in [4.69, 9.17) is 0 Å². The van der Waals surface area contributed by atoms with Gasteiger partial charge < -0.3 is 4.74 Å². The van der Waals surface area contributed by atoms with Crippen LogP contribution >= 0.6 is 0 Å². The Morgan fingerprint density at radius 1 is 1.00 bits per heavy atom. The van der Waals surface area contributed by atoms with Crippen molar-refractivity contribution in [3.05, 3.63) is 0 Å². The molecule has 9 heteroatoms. The van der Waals surface area contributed by atoms with Crippen LogP contribution in [-0.4, -0.2) is 31.2 Å². The average molecular weight is 266 g/mol. The van der Waals surface area contributed by atoms with Crippen LogP contribution in [0.1, 0.15) is 13.3 Å². The maximum absolute atomic E-state index is 12.5. The predicted octanol–water partition coefficient (Wildman–Crippen LogP) is 2.25. The van der Waals surface area contributed by atoms with Gasteiger partial charge >= 0.3 is 18.3 Å². The average Bonchev–Trinajstić information content (AvgIpc) is 2.08.